The number of hydrogen-bond donors (Lipinski definition) is 8. The monoisotopic (exact) mass is 982 g/mol. The molecule has 1 amide bonds. The lowest BCUT2D eigenvalue weighted by molar-refractivity contribution is -0.303. The van der Waals surface area contributed by atoms with E-state index in [-0.39, 0.29) is 12.8 Å². The highest BCUT2D eigenvalue weighted by atomic mass is 16.7. The van der Waals surface area contributed by atoms with Gasteiger partial charge in [-0.25, -0.2) is 0 Å². The first-order chi connectivity index (χ1) is 33.7. The minimum absolute atomic E-state index is 0.256. The van der Waals surface area contributed by atoms with Crippen LogP contribution in [-0.4, -0.2) is 110 Å². The van der Waals surface area contributed by atoms with Crippen molar-refractivity contribution in [1.82, 2.24) is 5.32 Å². The van der Waals surface area contributed by atoms with Crippen LogP contribution in [0.15, 0.2) is 24.3 Å². The minimum Gasteiger partial charge on any atom is -0.394 e. The number of carbonyl (C=O) groups excluding carboxylic acids is 1. The van der Waals surface area contributed by atoms with Gasteiger partial charge in [0.15, 0.2) is 6.29 Å². The molecule has 8 N–H and O–H groups in total. The number of hydrogen-bond acceptors (Lipinski definition) is 10. The van der Waals surface area contributed by atoms with Gasteiger partial charge in [0.05, 0.1) is 25.4 Å². The molecule has 0 radical (unpaired) electrons. The normalized spacial score (nSPS) is 20.5. The lowest BCUT2D eigenvalue weighted by Gasteiger charge is -2.40. The second kappa shape index (κ2) is 47.6. The number of amides is 1. The molecule has 0 aromatic rings. The molecule has 1 aliphatic heterocycles. The van der Waals surface area contributed by atoms with E-state index in [1.54, 1.807) is 0 Å². The van der Waals surface area contributed by atoms with Gasteiger partial charge in [0, 0.05) is 0 Å². The molecule has 0 saturated carbocycles. The van der Waals surface area contributed by atoms with Crippen LogP contribution in [0, 0.1) is 0 Å². The molecule has 0 bridgehead atoms. The van der Waals surface area contributed by atoms with Crippen molar-refractivity contribution >= 4 is 5.91 Å². The van der Waals surface area contributed by atoms with Crippen molar-refractivity contribution < 1.29 is 50.0 Å². The number of allylic oxidation sites excluding steroid dienone is 4. The highest BCUT2D eigenvalue weighted by molar-refractivity contribution is 5.80. The SMILES string of the molecule is CCCCCCCC/C=C/CCCC(O)C(O)C(COC1OC(CO)C(O)C(O)C1O)NC(=O)C(O)CCCCCCCCCCCCCCCCC/C=C\CCCCCCCCCCCCCC. The fourth-order valence-corrected chi connectivity index (χ4v) is 9.44. The molecule has 0 spiro atoms. The van der Waals surface area contributed by atoms with E-state index in [1.807, 2.05) is 0 Å². The van der Waals surface area contributed by atoms with Crippen molar-refractivity contribution in [3.8, 4) is 0 Å². The summed E-state index contributed by atoms with van der Waals surface area (Å²) in [6.45, 7) is 3.43. The molecule has 11 heteroatoms. The molecule has 11 nitrogen and oxygen atoms in total. The molecule has 0 aromatic heterocycles. The Morgan fingerprint density at radius 2 is 0.855 bits per heavy atom. The van der Waals surface area contributed by atoms with Crippen molar-refractivity contribution in [2.75, 3.05) is 13.2 Å². The molecule has 1 aliphatic rings. The highest BCUT2D eigenvalue weighted by Crippen LogP contribution is 2.23. The maximum absolute atomic E-state index is 13.1. The van der Waals surface area contributed by atoms with Crippen molar-refractivity contribution in [2.45, 2.75) is 326 Å². The lowest BCUT2D eigenvalue weighted by atomic mass is 9.98. The maximum atomic E-state index is 13.1. The number of unbranched alkanes of at least 4 members (excludes halogenated alkanes) is 34. The van der Waals surface area contributed by atoms with Crippen molar-refractivity contribution in [2.24, 2.45) is 0 Å². The Morgan fingerprint density at radius 3 is 1.25 bits per heavy atom. The van der Waals surface area contributed by atoms with Gasteiger partial charge >= 0.3 is 0 Å². The molecule has 1 saturated heterocycles. The van der Waals surface area contributed by atoms with E-state index in [0.717, 1.165) is 38.5 Å². The van der Waals surface area contributed by atoms with Gasteiger partial charge in [-0.2, -0.15) is 0 Å². The minimum atomic E-state index is -1.67. The van der Waals surface area contributed by atoms with E-state index in [9.17, 15) is 40.5 Å². The fourth-order valence-electron chi connectivity index (χ4n) is 9.44. The number of aliphatic hydroxyl groups is 7. The summed E-state index contributed by atoms with van der Waals surface area (Å²) in [5.41, 5.74) is 0. The van der Waals surface area contributed by atoms with Crippen LogP contribution >= 0.6 is 0 Å². The second-order valence-electron chi connectivity index (χ2n) is 20.7. The molecule has 69 heavy (non-hydrogen) atoms. The molecule has 1 rings (SSSR count). The Labute approximate surface area is 423 Å². The predicted molar refractivity (Wildman–Crippen MR) is 284 cm³/mol. The summed E-state index contributed by atoms with van der Waals surface area (Å²) in [6, 6.07) is -1.18. The number of carbonyl (C=O) groups is 1. The largest absolute Gasteiger partial charge is 0.394 e. The third-order valence-corrected chi connectivity index (χ3v) is 14.2. The summed E-state index contributed by atoms with van der Waals surface area (Å²) >= 11 is 0. The molecule has 1 fully saturated rings. The first kappa shape index (κ1) is 65.6. The van der Waals surface area contributed by atoms with Crippen LogP contribution in [0.5, 0.6) is 0 Å². The molecule has 0 aliphatic carbocycles. The van der Waals surface area contributed by atoms with Crippen LogP contribution in [0.25, 0.3) is 0 Å². The average Bonchev–Trinajstić information content (AvgIpc) is 3.35. The Morgan fingerprint density at radius 1 is 0.493 bits per heavy atom. The van der Waals surface area contributed by atoms with E-state index in [2.05, 4.69) is 43.5 Å². The molecule has 408 valence electrons. The smallest absolute Gasteiger partial charge is 0.249 e. The van der Waals surface area contributed by atoms with Crippen LogP contribution in [0.1, 0.15) is 271 Å². The Balaban J connectivity index is 2.19. The van der Waals surface area contributed by atoms with Crippen molar-refractivity contribution in [3.05, 3.63) is 24.3 Å². The zero-order chi connectivity index (χ0) is 50.4. The summed E-state index contributed by atoms with van der Waals surface area (Å²) in [6.07, 6.45) is 45.5. The summed E-state index contributed by atoms with van der Waals surface area (Å²) < 4.78 is 11.1. The zero-order valence-electron chi connectivity index (χ0n) is 44.6. The first-order valence-electron chi connectivity index (χ1n) is 29.2. The number of rotatable bonds is 50. The van der Waals surface area contributed by atoms with Gasteiger partial charge in [-0.1, -0.05) is 231 Å². The van der Waals surface area contributed by atoms with Crippen LogP contribution < -0.4 is 5.32 Å². The van der Waals surface area contributed by atoms with E-state index in [1.165, 1.54) is 193 Å². The summed E-state index contributed by atoms with van der Waals surface area (Å²) in [5.74, 6) is -0.704. The number of nitrogens with one attached hydrogen (secondary N) is 1. The molecule has 9 unspecified atom stereocenters. The van der Waals surface area contributed by atoms with Crippen LogP contribution in [0.3, 0.4) is 0 Å². The molecule has 9 atom stereocenters. The van der Waals surface area contributed by atoms with Gasteiger partial charge in [0.25, 0.3) is 0 Å². The van der Waals surface area contributed by atoms with Gasteiger partial charge in [-0.15, -0.1) is 0 Å². The van der Waals surface area contributed by atoms with E-state index < -0.39 is 74.2 Å². The topological polar surface area (TPSA) is 189 Å². The van der Waals surface area contributed by atoms with Gasteiger partial charge in [-0.05, 0) is 64.2 Å². The van der Waals surface area contributed by atoms with Crippen molar-refractivity contribution in [3.63, 3.8) is 0 Å². The van der Waals surface area contributed by atoms with Gasteiger partial charge < -0.3 is 50.5 Å². The Hall–Kier alpha value is -1.41. The zero-order valence-corrected chi connectivity index (χ0v) is 44.6. The molecular formula is C58H111NO10. The quantitative estimate of drug-likeness (QED) is 0.0215. The Bertz CT molecular complexity index is 1170. The first-order valence-corrected chi connectivity index (χ1v) is 29.2. The van der Waals surface area contributed by atoms with E-state index in [0.29, 0.717) is 12.8 Å². The third-order valence-electron chi connectivity index (χ3n) is 14.2. The van der Waals surface area contributed by atoms with E-state index >= 15 is 0 Å². The average molecular weight is 983 g/mol. The van der Waals surface area contributed by atoms with Crippen molar-refractivity contribution in [1.29, 1.82) is 0 Å². The summed E-state index contributed by atoms with van der Waals surface area (Å²) in [5, 5.41) is 75.8. The van der Waals surface area contributed by atoms with Crippen LogP contribution in [0.2, 0.25) is 0 Å². The second-order valence-corrected chi connectivity index (χ2v) is 20.7. The predicted octanol–water partition coefficient (Wildman–Crippen LogP) is 12.1. The fraction of sp³-hybridized carbons (Fsp3) is 0.914. The molecule has 1 heterocycles. The molecular weight excluding hydrogens is 871 g/mol. The van der Waals surface area contributed by atoms with Gasteiger partial charge in [0.2, 0.25) is 5.91 Å². The summed E-state index contributed by atoms with van der Waals surface area (Å²) in [4.78, 5) is 13.1. The standard InChI is InChI=1S/C58H111NO10/c1-3-5-7-9-11-13-15-16-17-18-19-20-21-22-23-24-25-26-27-28-29-30-31-32-33-34-36-38-40-42-44-46-51(62)57(67)59-49(48-68-58-56(66)55(65)54(64)52(47-60)69-58)53(63)50(61)45-43-41-39-37-35-14-12-10-8-6-4-2/h22-23,37,39,49-56,58,60-66H,3-21,24-36,38,40-48H2,1-2H3,(H,59,67)/b23-22-,39-37+. The maximum Gasteiger partial charge on any atom is 0.249 e. The number of ether oxygens (including phenoxy) is 2. The van der Waals surface area contributed by atoms with E-state index in [4.69, 9.17) is 9.47 Å². The third kappa shape index (κ3) is 36.2. The molecule has 0 aromatic carbocycles. The highest BCUT2D eigenvalue weighted by Gasteiger charge is 2.44. The van der Waals surface area contributed by atoms with Crippen LogP contribution in [-0.2, 0) is 14.3 Å². The van der Waals surface area contributed by atoms with Crippen LogP contribution in [0.4, 0.5) is 0 Å². The Kier molecular flexibility index (Phi) is 45.2. The summed E-state index contributed by atoms with van der Waals surface area (Å²) in [7, 11) is 0. The van der Waals surface area contributed by atoms with Gasteiger partial charge in [-0.3, -0.25) is 4.79 Å². The number of aliphatic hydroxyl groups excluding tert-OH is 7. The van der Waals surface area contributed by atoms with Gasteiger partial charge in [0.1, 0.15) is 36.6 Å². The lowest BCUT2D eigenvalue weighted by Crippen LogP contribution is -2.60.